The monoisotopic (exact) mass is 255 g/mol. The van der Waals surface area contributed by atoms with Crippen LogP contribution in [-0.4, -0.2) is 10.1 Å². The van der Waals surface area contributed by atoms with E-state index in [1.807, 2.05) is 0 Å². The fourth-order valence-electron chi connectivity index (χ4n) is 0.920. The average Bonchev–Trinajstić information content (AvgIpc) is 2.01. The number of hydrogen-bond acceptors (Lipinski definition) is 2. The highest BCUT2D eigenvalue weighted by Gasteiger charge is 2.36. The molecule has 1 rings (SSSR count). The number of hydrogen-bond donors (Lipinski definition) is 1. The van der Waals surface area contributed by atoms with Crippen molar-refractivity contribution in [2.75, 3.05) is 0 Å². The van der Waals surface area contributed by atoms with Crippen LogP contribution in [0.1, 0.15) is 11.1 Å². The molecule has 0 amide bonds. The van der Waals surface area contributed by atoms with Crippen LogP contribution >= 0.6 is 15.9 Å². The second-order valence-corrected chi connectivity index (χ2v) is 2.88. The Labute approximate surface area is 80.5 Å². The number of aromatic hydroxyl groups is 1. The van der Waals surface area contributed by atoms with E-state index in [0.717, 1.165) is 12.4 Å². The molecule has 1 N–H and O–H groups in total. The van der Waals surface area contributed by atoms with E-state index in [9.17, 15) is 13.2 Å². The van der Waals surface area contributed by atoms with Gasteiger partial charge in [-0.15, -0.1) is 0 Å². The van der Waals surface area contributed by atoms with Crippen molar-refractivity contribution in [3.05, 3.63) is 23.5 Å². The van der Waals surface area contributed by atoms with Crippen molar-refractivity contribution in [2.24, 2.45) is 0 Å². The van der Waals surface area contributed by atoms with Gasteiger partial charge < -0.3 is 5.11 Å². The zero-order valence-electron chi connectivity index (χ0n) is 6.27. The quantitative estimate of drug-likeness (QED) is 0.783. The molecule has 0 fully saturated rings. The summed E-state index contributed by atoms with van der Waals surface area (Å²) in [4.78, 5) is 3.45. The Morgan fingerprint density at radius 3 is 2.38 bits per heavy atom. The first-order chi connectivity index (χ1) is 5.96. The van der Waals surface area contributed by atoms with Crippen LogP contribution in [0.3, 0.4) is 0 Å². The highest BCUT2D eigenvalue weighted by atomic mass is 79.9. The average molecular weight is 256 g/mol. The number of nitrogens with zero attached hydrogens (tertiary/aromatic N) is 1. The molecule has 0 unspecified atom stereocenters. The van der Waals surface area contributed by atoms with Gasteiger partial charge in [0, 0.05) is 11.5 Å². The molecule has 0 bridgehead atoms. The number of pyridine rings is 1. The van der Waals surface area contributed by atoms with Gasteiger partial charge in [-0.05, 0) is 5.56 Å². The SMILES string of the molecule is Oc1cncc(CBr)c1C(F)(F)F. The Hall–Kier alpha value is -0.780. The number of alkyl halides is 4. The van der Waals surface area contributed by atoms with Crippen LogP contribution in [-0.2, 0) is 11.5 Å². The van der Waals surface area contributed by atoms with Crippen LogP contribution in [0.15, 0.2) is 12.4 Å². The third-order valence-corrected chi connectivity index (χ3v) is 2.04. The molecular weight excluding hydrogens is 251 g/mol. The molecule has 0 aliphatic carbocycles. The summed E-state index contributed by atoms with van der Waals surface area (Å²) in [5, 5.41) is 8.96. The second kappa shape index (κ2) is 3.53. The largest absolute Gasteiger partial charge is 0.506 e. The Morgan fingerprint density at radius 2 is 2.00 bits per heavy atom. The lowest BCUT2D eigenvalue weighted by molar-refractivity contribution is -0.139. The van der Waals surface area contributed by atoms with Gasteiger partial charge in [0.15, 0.2) is 0 Å². The molecule has 1 aromatic heterocycles. The van der Waals surface area contributed by atoms with Gasteiger partial charge >= 0.3 is 6.18 Å². The third kappa shape index (κ3) is 2.12. The highest BCUT2D eigenvalue weighted by Crippen LogP contribution is 2.38. The third-order valence-electron chi connectivity index (χ3n) is 1.43. The second-order valence-electron chi connectivity index (χ2n) is 2.32. The molecule has 0 radical (unpaired) electrons. The molecule has 0 aromatic carbocycles. The van der Waals surface area contributed by atoms with Gasteiger partial charge in [0.05, 0.1) is 6.20 Å². The van der Waals surface area contributed by atoms with E-state index in [4.69, 9.17) is 5.11 Å². The summed E-state index contributed by atoms with van der Waals surface area (Å²) in [7, 11) is 0. The molecule has 0 aliphatic heterocycles. The summed E-state index contributed by atoms with van der Waals surface area (Å²) >= 11 is 2.88. The lowest BCUT2D eigenvalue weighted by Gasteiger charge is -2.11. The summed E-state index contributed by atoms with van der Waals surface area (Å²) < 4.78 is 36.9. The van der Waals surface area contributed by atoms with Gasteiger partial charge in [-0.25, -0.2) is 0 Å². The van der Waals surface area contributed by atoms with Crippen molar-refractivity contribution in [1.82, 2.24) is 4.98 Å². The van der Waals surface area contributed by atoms with Gasteiger partial charge in [-0.2, -0.15) is 13.2 Å². The highest BCUT2D eigenvalue weighted by molar-refractivity contribution is 9.08. The molecule has 0 atom stereocenters. The predicted octanol–water partition coefficient (Wildman–Crippen LogP) is 2.70. The van der Waals surface area contributed by atoms with Crippen LogP contribution in [0.5, 0.6) is 5.75 Å². The van der Waals surface area contributed by atoms with E-state index in [0.29, 0.717) is 0 Å². The molecule has 2 nitrogen and oxygen atoms in total. The summed E-state index contributed by atoms with van der Waals surface area (Å²) in [5.74, 6) is -0.843. The molecule has 13 heavy (non-hydrogen) atoms. The number of rotatable bonds is 1. The summed E-state index contributed by atoms with van der Waals surface area (Å²) in [6.07, 6.45) is -2.71. The molecular formula is C7H5BrF3NO. The molecule has 0 saturated carbocycles. The molecule has 0 aliphatic rings. The van der Waals surface area contributed by atoms with Crippen LogP contribution < -0.4 is 0 Å². The lowest BCUT2D eigenvalue weighted by Crippen LogP contribution is -2.09. The molecule has 1 heterocycles. The van der Waals surface area contributed by atoms with Gasteiger partial charge in [0.2, 0.25) is 0 Å². The summed E-state index contributed by atoms with van der Waals surface area (Å²) in [6, 6.07) is 0. The van der Waals surface area contributed by atoms with Crippen molar-refractivity contribution in [1.29, 1.82) is 0 Å². The Balaban J connectivity index is 3.32. The Bertz CT molecular complexity index is 313. The first-order valence-corrected chi connectivity index (χ1v) is 4.38. The van der Waals surface area contributed by atoms with E-state index < -0.39 is 17.5 Å². The van der Waals surface area contributed by atoms with Gasteiger partial charge in [0.1, 0.15) is 11.3 Å². The van der Waals surface area contributed by atoms with Crippen LogP contribution in [0.2, 0.25) is 0 Å². The fourth-order valence-corrected chi connectivity index (χ4v) is 1.35. The molecule has 72 valence electrons. The first-order valence-electron chi connectivity index (χ1n) is 3.26. The van der Waals surface area contributed by atoms with Gasteiger partial charge in [-0.1, -0.05) is 15.9 Å². The minimum Gasteiger partial charge on any atom is -0.506 e. The zero-order chi connectivity index (χ0) is 10.1. The van der Waals surface area contributed by atoms with E-state index in [-0.39, 0.29) is 10.9 Å². The van der Waals surface area contributed by atoms with Crippen molar-refractivity contribution in [3.63, 3.8) is 0 Å². The van der Waals surface area contributed by atoms with E-state index >= 15 is 0 Å². The number of halogens is 4. The summed E-state index contributed by atoms with van der Waals surface area (Å²) in [5.41, 5.74) is -1.10. The molecule has 0 spiro atoms. The minimum atomic E-state index is -4.55. The van der Waals surface area contributed by atoms with Gasteiger partial charge in [0.25, 0.3) is 0 Å². The maximum atomic E-state index is 12.3. The van der Waals surface area contributed by atoms with Crippen LogP contribution in [0.4, 0.5) is 13.2 Å². The maximum absolute atomic E-state index is 12.3. The Kier molecular flexibility index (Phi) is 2.80. The first kappa shape index (κ1) is 10.3. The smallest absolute Gasteiger partial charge is 0.420 e. The van der Waals surface area contributed by atoms with Crippen LogP contribution in [0, 0.1) is 0 Å². The van der Waals surface area contributed by atoms with Crippen molar-refractivity contribution < 1.29 is 18.3 Å². The fraction of sp³-hybridized carbons (Fsp3) is 0.286. The summed E-state index contributed by atoms with van der Waals surface area (Å²) in [6.45, 7) is 0. The van der Waals surface area contributed by atoms with E-state index in [1.54, 1.807) is 0 Å². The molecule has 6 heteroatoms. The molecule has 0 saturated heterocycles. The molecule has 1 aromatic rings. The topological polar surface area (TPSA) is 33.1 Å². The predicted molar refractivity (Wildman–Crippen MR) is 43.5 cm³/mol. The normalized spacial score (nSPS) is 11.7. The van der Waals surface area contributed by atoms with E-state index in [2.05, 4.69) is 20.9 Å². The standard InChI is InChI=1S/C7H5BrF3NO/c8-1-4-2-12-3-5(13)6(4)7(9,10)11/h2-3,13H,1H2. The Morgan fingerprint density at radius 1 is 1.38 bits per heavy atom. The van der Waals surface area contributed by atoms with Crippen LogP contribution in [0.25, 0.3) is 0 Å². The minimum absolute atomic E-state index is 0.00322. The van der Waals surface area contributed by atoms with Crippen molar-refractivity contribution >= 4 is 15.9 Å². The lowest BCUT2D eigenvalue weighted by atomic mass is 10.1. The number of aromatic nitrogens is 1. The van der Waals surface area contributed by atoms with Crippen molar-refractivity contribution in [2.45, 2.75) is 11.5 Å². The van der Waals surface area contributed by atoms with E-state index in [1.165, 1.54) is 0 Å². The van der Waals surface area contributed by atoms with Crippen molar-refractivity contribution in [3.8, 4) is 5.75 Å². The van der Waals surface area contributed by atoms with Gasteiger partial charge in [-0.3, -0.25) is 4.98 Å². The maximum Gasteiger partial charge on any atom is 0.420 e. The zero-order valence-corrected chi connectivity index (χ0v) is 7.85.